The van der Waals surface area contributed by atoms with Crippen LogP contribution in [0, 0.1) is 0 Å². The van der Waals surface area contributed by atoms with Gasteiger partial charge in [-0.05, 0) is 12.8 Å². The van der Waals surface area contributed by atoms with Crippen molar-refractivity contribution < 1.29 is 22.7 Å². The first-order valence-corrected chi connectivity index (χ1v) is 6.69. The number of esters is 1. The molecule has 1 atom stereocenters. The van der Waals surface area contributed by atoms with Gasteiger partial charge in [0, 0.05) is 13.7 Å². The highest BCUT2D eigenvalue weighted by molar-refractivity contribution is 7.89. The first kappa shape index (κ1) is 13.4. The van der Waals surface area contributed by atoms with Gasteiger partial charge in [0.1, 0.15) is 6.54 Å². The van der Waals surface area contributed by atoms with Crippen molar-refractivity contribution in [2.45, 2.75) is 18.9 Å². The van der Waals surface area contributed by atoms with Crippen molar-refractivity contribution in [3.05, 3.63) is 0 Å². The molecule has 16 heavy (non-hydrogen) atoms. The van der Waals surface area contributed by atoms with Crippen LogP contribution in [0.3, 0.4) is 0 Å². The highest BCUT2D eigenvalue weighted by Crippen LogP contribution is 2.15. The van der Waals surface area contributed by atoms with Crippen LogP contribution in [0.2, 0.25) is 0 Å². The molecule has 0 amide bonds. The largest absolute Gasteiger partial charge is 0.468 e. The Labute approximate surface area is 95.6 Å². The summed E-state index contributed by atoms with van der Waals surface area (Å²) in [5, 5.41) is 0. The van der Waals surface area contributed by atoms with Crippen LogP contribution in [0.5, 0.6) is 0 Å². The highest BCUT2D eigenvalue weighted by Gasteiger charge is 2.27. The number of hydrogen-bond acceptors (Lipinski definition) is 5. The molecule has 0 bridgehead atoms. The van der Waals surface area contributed by atoms with Crippen molar-refractivity contribution in [2.24, 2.45) is 0 Å². The van der Waals surface area contributed by atoms with Gasteiger partial charge in [-0.3, -0.25) is 4.79 Å². The van der Waals surface area contributed by atoms with E-state index in [1.165, 1.54) is 14.2 Å². The van der Waals surface area contributed by atoms with E-state index in [9.17, 15) is 13.2 Å². The monoisotopic (exact) mass is 251 g/mol. The Balaban J connectivity index is 2.51. The molecule has 0 radical (unpaired) electrons. The predicted molar refractivity (Wildman–Crippen MR) is 57.4 cm³/mol. The number of rotatable bonds is 5. The van der Waals surface area contributed by atoms with Crippen LogP contribution >= 0.6 is 0 Å². The SMILES string of the molecule is COC(=O)CN(C)S(=O)(=O)CC1CCCO1. The molecule has 7 heteroatoms. The predicted octanol–water partition coefficient (Wildman–Crippen LogP) is -0.400. The molecule has 1 unspecified atom stereocenters. The number of sulfonamides is 1. The van der Waals surface area contributed by atoms with E-state index in [2.05, 4.69) is 4.74 Å². The molecule has 0 N–H and O–H groups in total. The number of nitrogens with zero attached hydrogens (tertiary/aromatic N) is 1. The molecule has 0 aromatic carbocycles. The zero-order chi connectivity index (χ0) is 12.2. The molecule has 94 valence electrons. The van der Waals surface area contributed by atoms with E-state index in [1.807, 2.05) is 0 Å². The lowest BCUT2D eigenvalue weighted by atomic mass is 10.3. The highest BCUT2D eigenvalue weighted by atomic mass is 32.2. The third-order valence-electron chi connectivity index (χ3n) is 2.47. The van der Waals surface area contributed by atoms with Crippen LogP contribution < -0.4 is 0 Å². The minimum atomic E-state index is -3.44. The second kappa shape index (κ2) is 5.60. The summed E-state index contributed by atoms with van der Waals surface area (Å²) in [7, 11) is -0.854. The van der Waals surface area contributed by atoms with Gasteiger partial charge in [0.2, 0.25) is 10.0 Å². The van der Waals surface area contributed by atoms with Gasteiger partial charge in [0.15, 0.2) is 0 Å². The molecule has 1 aliphatic rings. The Morgan fingerprint density at radius 1 is 1.56 bits per heavy atom. The summed E-state index contributed by atoms with van der Waals surface area (Å²) in [6.45, 7) is 0.354. The fourth-order valence-electron chi connectivity index (χ4n) is 1.48. The Bertz CT molecular complexity index is 334. The minimum Gasteiger partial charge on any atom is -0.468 e. The maximum Gasteiger partial charge on any atom is 0.320 e. The zero-order valence-electron chi connectivity index (χ0n) is 9.51. The molecule has 0 aromatic heterocycles. The number of hydrogen-bond donors (Lipinski definition) is 0. The number of methoxy groups -OCH3 is 1. The van der Waals surface area contributed by atoms with Gasteiger partial charge in [0.25, 0.3) is 0 Å². The van der Waals surface area contributed by atoms with E-state index >= 15 is 0 Å². The second-order valence-corrected chi connectivity index (χ2v) is 5.87. The van der Waals surface area contributed by atoms with Gasteiger partial charge in [-0.1, -0.05) is 0 Å². The third-order valence-corrected chi connectivity index (χ3v) is 4.35. The van der Waals surface area contributed by atoms with Crippen molar-refractivity contribution in [1.82, 2.24) is 4.31 Å². The summed E-state index contributed by atoms with van der Waals surface area (Å²) >= 11 is 0. The maximum absolute atomic E-state index is 11.8. The number of carbonyl (C=O) groups excluding carboxylic acids is 1. The van der Waals surface area contributed by atoms with E-state index in [-0.39, 0.29) is 18.4 Å². The molecule has 1 rings (SSSR count). The molecule has 0 saturated carbocycles. The third kappa shape index (κ3) is 3.73. The number of ether oxygens (including phenoxy) is 2. The van der Waals surface area contributed by atoms with Crippen molar-refractivity contribution >= 4 is 16.0 Å². The summed E-state index contributed by atoms with van der Waals surface area (Å²) in [4.78, 5) is 10.9. The minimum absolute atomic E-state index is 0.0690. The van der Waals surface area contributed by atoms with Gasteiger partial charge >= 0.3 is 5.97 Å². The fraction of sp³-hybridized carbons (Fsp3) is 0.889. The molecule has 1 saturated heterocycles. The number of carbonyl (C=O) groups is 1. The van der Waals surface area contributed by atoms with Gasteiger partial charge in [0.05, 0.1) is 19.0 Å². The first-order valence-electron chi connectivity index (χ1n) is 5.08. The van der Waals surface area contributed by atoms with Crippen molar-refractivity contribution in [2.75, 3.05) is 33.1 Å². The lowest BCUT2D eigenvalue weighted by Gasteiger charge is -2.18. The molecule has 1 fully saturated rings. The van der Waals surface area contributed by atoms with Crippen LogP contribution in [0.25, 0.3) is 0 Å². The van der Waals surface area contributed by atoms with E-state index in [1.54, 1.807) is 0 Å². The molecule has 6 nitrogen and oxygen atoms in total. The summed E-state index contributed by atoms with van der Waals surface area (Å²) in [5.41, 5.74) is 0. The fourth-order valence-corrected chi connectivity index (χ4v) is 2.77. The molecule has 0 aromatic rings. The Kier molecular flexibility index (Phi) is 4.69. The molecule has 1 aliphatic heterocycles. The van der Waals surface area contributed by atoms with E-state index < -0.39 is 16.0 Å². The number of likely N-dealkylation sites (N-methyl/N-ethyl adjacent to an activating group) is 1. The van der Waals surface area contributed by atoms with Crippen molar-refractivity contribution in [1.29, 1.82) is 0 Å². The summed E-state index contributed by atoms with van der Waals surface area (Å²) in [6, 6.07) is 0. The van der Waals surface area contributed by atoms with E-state index in [4.69, 9.17) is 4.74 Å². The average molecular weight is 251 g/mol. The topological polar surface area (TPSA) is 72.9 Å². The Morgan fingerprint density at radius 2 is 2.25 bits per heavy atom. The Morgan fingerprint density at radius 3 is 2.75 bits per heavy atom. The molecule has 0 spiro atoms. The van der Waals surface area contributed by atoms with E-state index in [0.29, 0.717) is 6.61 Å². The van der Waals surface area contributed by atoms with Crippen molar-refractivity contribution in [3.63, 3.8) is 0 Å². The Hall–Kier alpha value is -0.660. The lowest BCUT2D eigenvalue weighted by Crippen LogP contribution is -2.37. The smallest absolute Gasteiger partial charge is 0.320 e. The quantitative estimate of drug-likeness (QED) is 0.622. The standard InChI is InChI=1S/C9H17NO5S/c1-10(6-9(11)14-2)16(12,13)7-8-4-3-5-15-8/h8H,3-7H2,1-2H3. The molecule has 0 aliphatic carbocycles. The van der Waals surface area contributed by atoms with Gasteiger partial charge in [-0.15, -0.1) is 0 Å². The van der Waals surface area contributed by atoms with E-state index in [0.717, 1.165) is 17.1 Å². The van der Waals surface area contributed by atoms with Crippen molar-refractivity contribution in [3.8, 4) is 0 Å². The first-order chi connectivity index (χ1) is 7.45. The molecular weight excluding hydrogens is 234 g/mol. The van der Waals surface area contributed by atoms with Crippen LogP contribution in [0.4, 0.5) is 0 Å². The zero-order valence-corrected chi connectivity index (χ0v) is 10.3. The van der Waals surface area contributed by atoms with Gasteiger partial charge < -0.3 is 9.47 Å². The maximum atomic E-state index is 11.8. The summed E-state index contributed by atoms with van der Waals surface area (Å²) in [6.07, 6.45) is 1.40. The summed E-state index contributed by atoms with van der Waals surface area (Å²) < 4.78 is 34.2. The lowest BCUT2D eigenvalue weighted by molar-refractivity contribution is -0.140. The molecule has 1 heterocycles. The summed E-state index contributed by atoms with van der Waals surface area (Å²) in [5.74, 6) is -0.640. The van der Waals surface area contributed by atoms with Gasteiger partial charge in [-0.2, -0.15) is 4.31 Å². The second-order valence-electron chi connectivity index (χ2n) is 3.75. The van der Waals surface area contributed by atoms with Crippen LogP contribution in [0.15, 0.2) is 0 Å². The van der Waals surface area contributed by atoms with Crippen LogP contribution in [0.1, 0.15) is 12.8 Å². The van der Waals surface area contributed by atoms with Crippen LogP contribution in [-0.2, 0) is 24.3 Å². The normalized spacial score (nSPS) is 21.3. The molecular formula is C9H17NO5S. The van der Waals surface area contributed by atoms with Gasteiger partial charge in [-0.25, -0.2) is 8.42 Å². The average Bonchev–Trinajstić information content (AvgIpc) is 2.69. The van der Waals surface area contributed by atoms with Crippen LogP contribution in [-0.4, -0.2) is 57.9 Å².